The van der Waals surface area contributed by atoms with E-state index >= 15 is 0 Å². The molecule has 0 bridgehead atoms. The van der Waals surface area contributed by atoms with Gasteiger partial charge in [0.25, 0.3) is 0 Å². The third-order valence-electron chi connectivity index (χ3n) is 5.06. The first-order valence-electron chi connectivity index (χ1n) is 9.57. The van der Waals surface area contributed by atoms with E-state index in [0.717, 1.165) is 37.2 Å². The Morgan fingerprint density at radius 1 is 1.00 bits per heavy atom. The molecular formula is C22H26N2O3. The number of carbonyl (C=O) groups is 2. The molecule has 1 heterocycles. The second-order valence-electron chi connectivity index (χ2n) is 6.83. The number of piperidine rings is 1. The van der Waals surface area contributed by atoms with Crippen LogP contribution in [0.1, 0.15) is 53.6 Å². The smallest absolute Gasteiger partial charge is 0.335 e. The van der Waals surface area contributed by atoms with Gasteiger partial charge in [-0.3, -0.25) is 4.79 Å². The summed E-state index contributed by atoms with van der Waals surface area (Å²) in [4.78, 5) is 27.1. The van der Waals surface area contributed by atoms with Crippen molar-refractivity contribution in [3.8, 4) is 0 Å². The topological polar surface area (TPSA) is 69.6 Å². The summed E-state index contributed by atoms with van der Waals surface area (Å²) in [5, 5.41) is 12.5. The summed E-state index contributed by atoms with van der Waals surface area (Å²) in [6, 6.07) is 14.7. The highest BCUT2D eigenvalue weighted by Crippen LogP contribution is 2.35. The lowest BCUT2D eigenvalue weighted by molar-refractivity contribution is -0.121. The van der Waals surface area contributed by atoms with Gasteiger partial charge in [0.1, 0.15) is 0 Å². The summed E-state index contributed by atoms with van der Waals surface area (Å²) in [6.45, 7) is 4.28. The van der Waals surface area contributed by atoms with Gasteiger partial charge in [-0.25, -0.2) is 4.79 Å². The molecule has 1 fully saturated rings. The first-order valence-corrected chi connectivity index (χ1v) is 9.57. The van der Waals surface area contributed by atoms with Crippen molar-refractivity contribution >= 4 is 17.6 Å². The Hall–Kier alpha value is -2.82. The van der Waals surface area contributed by atoms with Gasteiger partial charge in [-0.15, -0.1) is 0 Å². The molecule has 5 heteroatoms. The monoisotopic (exact) mass is 366 g/mol. The number of benzene rings is 2. The minimum absolute atomic E-state index is 0.169. The van der Waals surface area contributed by atoms with Crippen molar-refractivity contribution in [2.45, 2.75) is 32.1 Å². The fourth-order valence-corrected chi connectivity index (χ4v) is 3.82. The molecule has 2 aromatic carbocycles. The van der Waals surface area contributed by atoms with E-state index in [0.29, 0.717) is 12.1 Å². The van der Waals surface area contributed by atoms with Crippen LogP contribution in [0.5, 0.6) is 0 Å². The highest BCUT2D eigenvalue weighted by atomic mass is 16.4. The lowest BCUT2D eigenvalue weighted by atomic mass is 9.85. The van der Waals surface area contributed by atoms with Crippen LogP contribution < -0.4 is 10.2 Å². The lowest BCUT2D eigenvalue weighted by Crippen LogP contribution is -2.34. The molecule has 0 aromatic heterocycles. The molecule has 27 heavy (non-hydrogen) atoms. The number of rotatable bonds is 6. The predicted molar refractivity (Wildman–Crippen MR) is 106 cm³/mol. The SMILES string of the molecule is CCNC(=O)C(c1ccccc1C(=O)O)c1ccccc1N1CCCCC1. The van der Waals surface area contributed by atoms with E-state index in [9.17, 15) is 14.7 Å². The Balaban J connectivity index is 2.13. The Morgan fingerprint density at radius 2 is 1.63 bits per heavy atom. The molecule has 1 saturated heterocycles. The Bertz CT molecular complexity index is 813. The van der Waals surface area contributed by atoms with Crippen LogP contribution in [0.15, 0.2) is 48.5 Å². The van der Waals surface area contributed by atoms with E-state index in [1.807, 2.05) is 31.2 Å². The van der Waals surface area contributed by atoms with E-state index in [1.54, 1.807) is 24.3 Å². The van der Waals surface area contributed by atoms with Gasteiger partial charge >= 0.3 is 5.97 Å². The molecule has 3 rings (SSSR count). The quantitative estimate of drug-likeness (QED) is 0.819. The maximum Gasteiger partial charge on any atom is 0.335 e. The van der Waals surface area contributed by atoms with E-state index in [4.69, 9.17) is 0 Å². The largest absolute Gasteiger partial charge is 0.478 e. The number of carboxylic acid groups (broad SMARTS) is 1. The van der Waals surface area contributed by atoms with E-state index < -0.39 is 11.9 Å². The van der Waals surface area contributed by atoms with Gasteiger partial charge in [0.05, 0.1) is 11.5 Å². The van der Waals surface area contributed by atoms with Crippen LogP contribution in [0.25, 0.3) is 0 Å². The van der Waals surface area contributed by atoms with Crippen molar-refractivity contribution in [3.05, 3.63) is 65.2 Å². The normalized spacial score (nSPS) is 15.2. The van der Waals surface area contributed by atoms with Gasteiger partial charge in [-0.1, -0.05) is 36.4 Å². The molecule has 1 amide bonds. The number of carbonyl (C=O) groups excluding carboxylic acids is 1. The Kier molecular flexibility index (Phi) is 6.12. The van der Waals surface area contributed by atoms with Crippen LogP contribution in [0.2, 0.25) is 0 Å². The van der Waals surface area contributed by atoms with Crippen LogP contribution in [-0.4, -0.2) is 36.6 Å². The van der Waals surface area contributed by atoms with Crippen molar-refractivity contribution in [3.63, 3.8) is 0 Å². The number of hydrogen-bond donors (Lipinski definition) is 2. The van der Waals surface area contributed by atoms with E-state index in [1.165, 1.54) is 6.42 Å². The number of anilines is 1. The highest BCUT2D eigenvalue weighted by molar-refractivity contribution is 5.95. The predicted octanol–water partition coefficient (Wildman–Crippen LogP) is 3.64. The maximum atomic E-state index is 13.0. The molecule has 0 saturated carbocycles. The number of carboxylic acids is 1. The highest BCUT2D eigenvalue weighted by Gasteiger charge is 2.30. The molecule has 2 aromatic rings. The Morgan fingerprint density at radius 3 is 2.30 bits per heavy atom. The standard InChI is InChI=1S/C22H26N2O3/c1-2-23-21(25)20(16-10-4-5-11-17(16)22(26)27)18-12-6-7-13-19(18)24-14-8-3-9-15-24/h4-7,10-13,20H,2-3,8-9,14-15H2,1H3,(H,23,25)(H,26,27). The second-order valence-corrected chi connectivity index (χ2v) is 6.83. The zero-order valence-electron chi connectivity index (χ0n) is 15.6. The van der Waals surface area contributed by atoms with Crippen LogP contribution in [-0.2, 0) is 4.79 Å². The fraction of sp³-hybridized carbons (Fsp3) is 0.364. The molecule has 1 atom stereocenters. The molecular weight excluding hydrogens is 340 g/mol. The third-order valence-corrected chi connectivity index (χ3v) is 5.06. The average molecular weight is 366 g/mol. The number of nitrogens with one attached hydrogen (secondary N) is 1. The van der Waals surface area contributed by atoms with Gasteiger partial charge in [0, 0.05) is 25.3 Å². The van der Waals surface area contributed by atoms with Crippen molar-refractivity contribution in [2.75, 3.05) is 24.5 Å². The van der Waals surface area contributed by atoms with Gasteiger partial charge in [-0.2, -0.15) is 0 Å². The average Bonchev–Trinajstić information content (AvgIpc) is 2.70. The first kappa shape index (κ1) is 19.0. The summed E-state index contributed by atoms with van der Waals surface area (Å²) in [5.74, 6) is -1.85. The third kappa shape index (κ3) is 4.13. The van der Waals surface area contributed by atoms with Crippen LogP contribution in [0.3, 0.4) is 0 Å². The summed E-state index contributed by atoms with van der Waals surface area (Å²) in [6.07, 6.45) is 3.48. The molecule has 1 aliphatic heterocycles. The molecule has 1 aliphatic rings. The second kappa shape index (κ2) is 8.71. The molecule has 1 unspecified atom stereocenters. The van der Waals surface area contributed by atoms with Crippen molar-refractivity contribution in [1.29, 1.82) is 0 Å². The number of aromatic carboxylic acids is 1. The van der Waals surface area contributed by atoms with Crippen LogP contribution >= 0.6 is 0 Å². The summed E-state index contributed by atoms with van der Waals surface area (Å²) >= 11 is 0. The van der Waals surface area contributed by atoms with Crippen LogP contribution in [0.4, 0.5) is 5.69 Å². The lowest BCUT2D eigenvalue weighted by Gasteiger charge is -2.32. The molecule has 5 nitrogen and oxygen atoms in total. The van der Waals surface area contributed by atoms with Gasteiger partial charge in [0.15, 0.2) is 0 Å². The molecule has 2 N–H and O–H groups in total. The van der Waals surface area contributed by atoms with Gasteiger partial charge in [-0.05, 0) is 49.4 Å². The maximum absolute atomic E-state index is 13.0. The van der Waals surface area contributed by atoms with E-state index in [2.05, 4.69) is 10.2 Å². The van der Waals surface area contributed by atoms with Gasteiger partial charge in [0.2, 0.25) is 5.91 Å². The number of likely N-dealkylation sites (N-methyl/N-ethyl adjacent to an activating group) is 1. The summed E-state index contributed by atoms with van der Waals surface area (Å²) in [5.41, 5.74) is 2.58. The zero-order valence-corrected chi connectivity index (χ0v) is 15.6. The van der Waals surface area contributed by atoms with Crippen molar-refractivity contribution < 1.29 is 14.7 Å². The van der Waals surface area contributed by atoms with Gasteiger partial charge < -0.3 is 15.3 Å². The number of para-hydroxylation sites is 1. The van der Waals surface area contributed by atoms with Crippen molar-refractivity contribution in [1.82, 2.24) is 5.32 Å². The summed E-state index contributed by atoms with van der Waals surface area (Å²) in [7, 11) is 0. The molecule has 0 radical (unpaired) electrons. The van der Waals surface area contributed by atoms with Crippen molar-refractivity contribution in [2.24, 2.45) is 0 Å². The first-order chi connectivity index (χ1) is 13.1. The number of nitrogens with zero attached hydrogens (tertiary/aromatic N) is 1. The zero-order chi connectivity index (χ0) is 19.2. The Labute approximate surface area is 160 Å². The van der Waals surface area contributed by atoms with Crippen LogP contribution in [0, 0.1) is 0 Å². The van der Waals surface area contributed by atoms with E-state index in [-0.39, 0.29) is 11.5 Å². The molecule has 0 aliphatic carbocycles. The fourth-order valence-electron chi connectivity index (χ4n) is 3.82. The number of amides is 1. The summed E-state index contributed by atoms with van der Waals surface area (Å²) < 4.78 is 0. The minimum atomic E-state index is -1.02. The minimum Gasteiger partial charge on any atom is -0.478 e. The molecule has 142 valence electrons. The molecule has 0 spiro atoms. The number of hydrogen-bond acceptors (Lipinski definition) is 3.